The van der Waals surface area contributed by atoms with Crippen molar-refractivity contribution >= 4 is 17.8 Å². The standard InChI is InChI=1S/C24H22N6O/c1-18-7-9-21(10-8-18)26-16-23(31)28-27-15-20-17-30(22-5-3-2-4-6-22)29-24(20)19-11-13-25-14-12-19/h2-15,17,26H,16H2,1H3,(H,28,31)/b27-15-. The van der Waals surface area contributed by atoms with E-state index in [0.717, 1.165) is 28.2 Å². The van der Waals surface area contributed by atoms with Crippen LogP contribution in [0.3, 0.4) is 0 Å². The van der Waals surface area contributed by atoms with Gasteiger partial charge in [0.1, 0.15) is 5.69 Å². The SMILES string of the molecule is Cc1ccc(NCC(=O)N/N=C\c2cn(-c3ccccc3)nc2-c2ccncc2)cc1. The van der Waals surface area contributed by atoms with Gasteiger partial charge >= 0.3 is 0 Å². The molecule has 0 spiro atoms. The third kappa shape index (κ3) is 5.22. The molecule has 2 aromatic carbocycles. The number of carbonyl (C=O) groups is 1. The summed E-state index contributed by atoms with van der Waals surface area (Å²) in [4.78, 5) is 16.2. The smallest absolute Gasteiger partial charge is 0.259 e. The molecular weight excluding hydrogens is 388 g/mol. The Bertz CT molecular complexity index is 1170. The molecular formula is C24H22N6O. The topological polar surface area (TPSA) is 84.2 Å². The lowest BCUT2D eigenvalue weighted by Gasteiger charge is -2.05. The minimum atomic E-state index is -0.238. The number of nitrogens with one attached hydrogen (secondary N) is 2. The Morgan fingerprint density at radius 3 is 2.52 bits per heavy atom. The quantitative estimate of drug-likeness (QED) is 0.358. The van der Waals surface area contributed by atoms with Gasteiger partial charge in [0, 0.05) is 35.4 Å². The van der Waals surface area contributed by atoms with Crippen molar-refractivity contribution in [2.45, 2.75) is 6.92 Å². The first-order chi connectivity index (χ1) is 15.2. The van der Waals surface area contributed by atoms with Crippen LogP contribution in [0, 0.1) is 6.92 Å². The van der Waals surface area contributed by atoms with E-state index in [1.807, 2.05) is 79.9 Å². The number of hydrogen-bond donors (Lipinski definition) is 2. The van der Waals surface area contributed by atoms with E-state index in [1.165, 1.54) is 5.56 Å². The molecule has 0 saturated heterocycles. The van der Waals surface area contributed by atoms with Gasteiger partial charge in [-0.1, -0.05) is 35.9 Å². The molecule has 0 bridgehead atoms. The molecule has 7 heteroatoms. The normalized spacial score (nSPS) is 10.9. The zero-order valence-electron chi connectivity index (χ0n) is 17.1. The summed E-state index contributed by atoms with van der Waals surface area (Å²) < 4.78 is 1.79. The molecule has 0 aliphatic heterocycles. The minimum Gasteiger partial charge on any atom is -0.376 e. The number of hydrazone groups is 1. The third-order valence-electron chi connectivity index (χ3n) is 4.61. The summed E-state index contributed by atoms with van der Waals surface area (Å²) in [7, 11) is 0. The second-order valence-electron chi connectivity index (χ2n) is 6.96. The fraction of sp³-hybridized carbons (Fsp3) is 0.0833. The molecule has 0 radical (unpaired) electrons. The summed E-state index contributed by atoms with van der Waals surface area (Å²) in [5.41, 5.74) is 7.99. The second-order valence-corrected chi connectivity index (χ2v) is 6.96. The number of nitrogens with zero attached hydrogens (tertiary/aromatic N) is 4. The van der Waals surface area contributed by atoms with Crippen LogP contribution in [-0.4, -0.2) is 33.4 Å². The van der Waals surface area contributed by atoms with E-state index in [0.29, 0.717) is 0 Å². The lowest BCUT2D eigenvalue weighted by atomic mass is 10.1. The lowest BCUT2D eigenvalue weighted by Crippen LogP contribution is -2.25. The number of para-hydroxylation sites is 1. The molecule has 0 atom stereocenters. The number of aryl methyl sites for hydroxylation is 1. The number of benzene rings is 2. The van der Waals surface area contributed by atoms with Crippen LogP contribution in [0.2, 0.25) is 0 Å². The van der Waals surface area contributed by atoms with Crippen LogP contribution < -0.4 is 10.7 Å². The molecule has 0 unspecified atom stereocenters. The van der Waals surface area contributed by atoms with Crippen molar-refractivity contribution < 1.29 is 4.79 Å². The van der Waals surface area contributed by atoms with E-state index in [2.05, 4.69) is 20.8 Å². The van der Waals surface area contributed by atoms with E-state index in [4.69, 9.17) is 5.10 Å². The van der Waals surface area contributed by atoms with E-state index >= 15 is 0 Å². The van der Waals surface area contributed by atoms with Crippen molar-refractivity contribution in [3.8, 4) is 16.9 Å². The van der Waals surface area contributed by atoms with Crippen molar-refractivity contribution in [2.75, 3.05) is 11.9 Å². The fourth-order valence-corrected chi connectivity index (χ4v) is 3.00. The van der Waals surface area contributed by atoms with Gasteiger partial charge in [-0.2, -0.15) is 10.2 Å². The van der Waals surface area contributed by atoms with Gasteiger partial charge in [-0.25, -0.2) is 10.1 Å². The molecule has 4 aromatic rings. The molecule has 1 amide bonds. The summed E-state index contributed by atoms with van der Waals surface area (Å²) in [6, 6.07) is 21.4. The Morgan fingerprint density at radius 1 is 1.03 bits per heavy atom. The molecule has 4 rings (SSSR count). The van der Waals surface area contributed by atoms with Crippen LogP contribution in [0.25, 0.3) is 16.9 Å². The van der Waals surface area contributed by atoms with E-state index in [-0.39, 0.29) is 12.5 Å². The Hall–Kier alpha value is -4.26. The first-order valence-corrected chi connectivity index (χ1v) is 9.87. The largest absolute Gasteiger partial charge is 0.376 e. The van der Waals surface area contributed by atoms with E-state index < -0.39 is 0 Å². The molecule has 0 aliphatic rings. The highest BCUT2D eigenvalue weighted by atomic mass is 16.2. The van der Waals surface area contributed by atoms with Crippen molar-refractivity contribution in [1.29, 1.82) is 0 Å². The Balaban J connectivity index is 1.47. The van der Waals surface area contributed by atoms with Crippen LogP contribution in [0.5, 0.6) is 0 Å². The molecule has 7 nitrogen and oxygen atoms in total. The average Bonchev–Trinajstić information content (AvgIpc) is 3.24. The highest BCUT2D eigenvalue weighted by molar-refractivity contribution is 5.90. The van der Waals surface area contributed by atoms with Gasteiger partial charge in [0.05, 0.1) is 18.4 Å². The van der Waals surface area contributed by atoms with Gasteiger partial charge in [-0.3, -0.25) is 9.78 Å². The molecule has 0 saturated carbocycles. The van der Waals surface area contributed by atoms with E-state index in [1.54, 1.807) is 23.3 Å². The molecule has 0 fully saturated rings. The maximum atomic E-state index is 12.1. The number of rotatable bonds is 7. The van der Waals surface area contributed by atoms with Crippen molar-refractivity contribution in [3.63, 3.8) is 0 Å². The first kappa shape index (κ1) is 20.0. The van der Waals surface area contributed by atoms with Crippen LogP contribution in [0.15, 0.2) is 90.4 Å². The van der Waals surface area contributed by atoms with Crippen molar-refractivity contribution in [2.24, 2.45) is 5.10 Å². The van der Waals surface area contributed by atoms with Gasteiger partial charge < -0.3 is 5.32 Å². The zero-order valence-corrected chi connectivity index (χ0v) is 17.1. The molecule has 31 heavy (non-hydrogen) atoms. The molecule has 2 heterocycles. The predicted octanol–water partition coefficient (Wildman–Crippen LogP) is 3.80. The summed E-state index contributed by atoms with van der Waals surface area (Å²) in [6.07, 6.45) is 6.92. The van der Waals surface area contributed by atoms with Crippen molar-refractivity contribution in [3.05, 3.63) is 96.4 Å². The molecule has 0 aliphatic carbocycles. The average molecular weight is 410 g/mol. The van der Waals surface area contributed by atoms with E-state index in [9.17, 15) is 4.79 Å². The highest BCUT2D eigenvalue weighted by Gasteiger charge is 2.11. The highest BCUT2D eigenvalue weighted by Crippen LogP contribution is 2.22. The van der Waals surface area contributed by atoms with Crippen LogP contribution in [0.1, 0.15) is 11.1 Å². The first-order valence-electron chi connectivity index (χ1n) is 9.87. The Labute approximate surface area is 180 Å². The number of amides is 1. The summed E-state index contributed by atoms with van der Waals surface area (Å²) >= 11 is 0. The monoisotopic (exact) mass is 410 g/mol. The number of aromatic nitrogens is 3. The molecule has 154 valence electrons. The summed E-state index contributed by atoms with van der Waals surface area (Å²) in [5, 5.41) is 11.9. The van der Waals surface area contributed by atoms with Crippen LogP contribution in [-0.2, 0) is 4.79 Å². The number of pyridine rings is 1. The van der Waals surface area contributed by atoms with Gasteiger partial charge in [-0.05, 0) is 43.3 Å². The maximum absolute atomic E-state index is 12.1. The van der Waals surface area contributed by atoms with Crippen LogP contribution in [0.4, 0.5) is 5.69 Å². The summed E-state index contributed by atoms with van der Waals surface area (Å²) in [6.45, 7) is 2.15. The van der Waals surface area contributed by atoms with Gasteiger partial charge in [0.15, 0.2) is 0 Å². The van der Waals surface area contributed by atoms with Gasteiger partial charge in [0.2, 0.25) is 0 Å². The minimum absolute atomic E-state index is 0.126. The van der Waals surface area contributed by atoms with Gasteiger partial charge in [-0.15, -0.1) is 0 Å². The van der Waals surface area contributed by atoms with Crippen molar-refractivity contribution in [1.82, 2.24) is 20.2 Å². The second kappa shape index (κ2) is 9.49. The Kier molecular flexibility index (Phi) is 6.13. The molecule has 2 aromatic heterocycles. The predicted molar refractivity (Wildman–Crippen MR) is 122 cm³/mol. The zero-order chi connectivity index (χ0) is 21.5. The lowest BCUT2D eigenvalue weighted by molar-refractivity contribution is -0.119. The van der Waals surface area contributed by atoms with Gasteiger partial charge in [0.25, 0.3) is 5.91 Å². The maximum Gasteiger partial charge on any atom is 0.259 e. The molecule has 2 N–H and O–H groups in total. The number of anilines is 1. The third-order valence-corrected chi connectivity index (χ3v) is 4.61. The Morgan fingerprint density at radius 2 is 1.77 bits per heavy atom. The number of hydrogen-bond acceptors (Lipinski definition) is 5. The van der Waals surface area contributed by atoms with Crippen LogP contribution >= 0.6 is 0 Å². The fourth-order valence-electron chi connectivity index (χ4n) is 3.00. The number of carbonyl (C=O) groups excluding carboxylic acids is 1. The summed E-state index contributed by atoms with van der Waals surface area (Å²) in [5.74, 6) is -0.238.